The number of hydrogen-bond donors (Lipinski definition) is 4. The summed E-state index contributed by atoms with van der Waals surface area (Å²) in [5.41, 5.74) is 1.08. The molecule has 2 aromatic heterocycles. The molecule has 0 spiro atoms. The molecule has 0 saturated heterocycles. The fourth-order valence-corrected chi connectivity index (χ4v) is 4.09. The van der Waals surface area contributed by atoms with Gasteiger partial charge in [-0.25, -0.2) is 9.37 Å². The second-order valence-corrected chi connectivity index (χ2v) is 8.54. The molecular weight excluding hydrogens is 453 g/mol. The van der Waals surface area contributed by atoms with Crippen LogP contribution in [0.5, 0.6) is 0 Å². The Hall–Kier alpha value is -4.38. The van der Waals surface area contributed by atoms with Crippen LogP contribution in [-0.2, 0) is 5.54 Å². The number of aromatic nitrogens is 4. The first-order valence-electron chi connectivity index (χ1n) is 10.9. The summed E-state index contributed by atoms with van der Waals surface area (Å²) in [6.45, 7) is 3.26. The van der Waals surface area contributed by atoms with E-state index in [-0.39, 0.29) is 35.6 Å². The Balaban J connectivity index is 1.51. The van der Waals surface area contributed by atoms with E-state index in [1.807, 2.05) is 30.3 Å². The lowest BCUT2D eigenvalue weighted by Crippen LogP contribution is -2.33. The fourth-order valence-electron chi connectivity index (χ4n) is 4.09. The Labute approximate surface area is 199 Å². The summed E-state index contributed by atoms with van der Waals surface area (Å²) in [6, 6.07) is 11.9. The van der Waals surface area contributed by atoms with Gasteiger partial charge in [0.25, 0.3) is 11.8 Å². The summed E-state index contributed by atoms with van der Waals surface area (Å²) in [4.78, 5) is 21.0. The molecule has 11 heteroatoms. The molecule has 1 amide bonds. The zero-order valence-corrected chi connectivity index (χ0v) is 18.9. The highest BCUT2D eigenvalue weighted by atomic mass is 19.1. The first-order valence-corrected chi connectivity index (χ1v) is 10.9. The first-order chi connectivity index (χ1) is 16.9. The summed E-state index contributed by atoms with van der Waals surface area (Å²) < 4.78 is 20.7. The number of nitrogens with zero attached hydrogens (tertiary/aromatic N) is 4. The first kappa shape index (κ1) is 22.4. The minimum Gasteiger partial charge on any atom is -0.423 e. The maximum atomic E-state index is 15.4. The van der Waals surface area contributed by atoms with E-state index in [0.717, 1.165) is 5.56 Å². The van der Waals surface area contributed by atoms with Gasteiger partial charge in [-0.2, -0.15) is 4.98 Å². The molecule has 5 rings (SSSR count). The van der Waals surface area contributed by atoms with Gasteiger partial charge in [-0.3, -0.25) is 4.79 Å². The van der Waals surface area contributed by atoms with Gasteiger partial charge in [0.1, 0.15) is 5.82 Å². The van der Waals surface area contributed by atoms with Crippen LogP contribution in [0.1, 0.15) is 41.4 Å². The largest absolute Gasteiger partial charge is 0.423 e. The van der Waals surface area contributed by atoms with E-state index in [1.165, 1.54) is 18.7 Å². The quantitative estimate of drug-likeness (QED) is 0.316. The van der Waals surface area contributed by atoms with Crippen LogP contribution in [-0.4, -0.2) is 37.8 Å². The molecule has 0 radical (unpaired) electrons. The third-order valence-corrected chi connectivity index (χ3v) is 5.76. The molecule has 3 heterocycles. The third kappa shape index (κ3) is 4.17. The van der Waals surface area contributed by atoms with Crippen molar-refractivity contribution in [1.82, 2.24) is 25.5 Å². The SMILES string of the molecule is CC1(C)NC(=O)c2ccc(Nc3ncc(-c4nnco4)c(N[C@H](CO)c4ccccc4)n3)c(F)c21. The Bertz CT molecular complexity index is 1380. The standard InChI is InChI=1S/C24H22FN7O3/c1-24(2)18-14(21(34)31-24)8-9-16(19(18)25)29-23-26-10-15(22-32-27-12-35-22)20(30-23)28-17(11-33)13-6-4-3-5-7-13/h3-10,12,17,33H,11H2,1-2H3,(H,31,34)(H2,26,28,29,30)/t17-/m1/s1. The van der Waals surface area contributed by atoms with Gasteiger partial charge in [0, 0.05) is 17.3 Å². The zero-order chi connectivity index (χ0) is 24.6. The molecule has 4 aromatic rings. The molecule has 0 unspecified atom stereocenters. The Morgan fingerprint density at radius 2 is 1.97 bits per heavy atom. The molecule has 1 aliphatic heterocycles. The molecule has 1 aliphatic rings. The lowest BCUT2D eigenvalue weighted by molar-refractivity contribution is 0.0940. The molecule has 10 nitrogen and oxygen atoms in total. The van der Waals surface area contributed by atoms with E-state index in [0.29, 0.717) is 16.9 Å². The van der Waals surface area contributed by atoms with E-state index in [2.05, 4.69) is 36.1 Å². The van der Waals surface area contributed by atoms with Gasteiger partial charge in [0.05, 0.1) is 29.4 Å². The van der Waals surface area contributed by atoms with Crippen LogP contribution in [0.15, 0.2) is 59.5 Å². The molecule has 4 N–H and O–H groups in total. The van der Waals surface area contributed by atoms with Crippen LogP contribution < -0.4 is 16.0 Å². The number of carbonyl (C=O) groups excluding carboxylic acids is 1. The van der Waals surface area contributed by atoms with Crippen molar-refractivity contribution in [3.8, 4) is 11.5 Å². The Kier molecular flexibility index (Phi) is 5.61. The summed E-state index contributed by atoms with van der Waals surface area (Å²) in [5.74, 6) is -0.317. The van der Waals surface area contributed by atoms with Crippen molar-refractivity contribution < 1.29 is 18.7 Å². The smallest absolute Gasteiger partial charge is 0.252 e. The molecule has 0 fully saturated rings. The van der Waals surface area contributed by atoms with E-state index in [1.54, 1.807) is 19.9 Å². The molecule has 35 heavy (non-hydrogen) atoms. The molecule has 0 bridgehead atoms. The number of aliphatic hydroxyl groups excluding tert-OH is 1. The van der Waals surface area contributed by atoms with Gasteiger partial charge >= 0.3 is 0 Å². The Morgan fingerprint density at radius 3 is 2.69 bits per heavy atom. The maximum Gasteiger partial charge on any atom is 0.252 e. The number of halogens is 1. The maximum absolute atomic E-state index is 15.4. The summed E-state index contributed by atoms with van der Waals surface area (Å²) in [5, 5.41) is 26.5. The average molecular weight is 475 g/mol. The van der Waals surface area contributed by atoms with Gasteiger partial charge in [-0.1, -0.05) is 30.3 Å². The van der Waals surface area contributed by atoms with Crippen LogP contribution in [0, 0.1) is 5.82 Å². The topological polar surface area (TPSA) is 138 Å². The second kappa shape index (κ2) is 8.76. The van der Waals surface area contributed by atoms with Crippen molar-refractivity contribution >= 4 is 23.4 Å². The van der Waals surface area contributed by atoms with Crippen LogP contribution in [0.25, 0.3) is 11.5 Å². The minimum absolute atomic E-state index is 0.0921. The van der Waals surface area contributed by atoms with Crippen molar-refractivity contribution in [3.63, 3.8) is 0 Å². The highest BCUT2D eigenvalue weighted by molar-refractivity contribution is 6.00. The number of nitrogens with one attached hydrogen (secondary N) is 3. The predicted octanol–water partition coefficient (Wildman–Crippen LogP) is 3.53. The highest BCUT2D eigenvalue weighted by Crippen LogP contribution is 2.37. The van der Waals surface area contributed by atoms with Crippen LogP contribution in [0.3, 0.4) is 0 Å². The number of anilines is 3. The van der Waals surface area contributed by atoms with Crippen molar-refractivity contribution in [3.05, 3.63) is 77.6 Å². The van der Waals surface area contributed by atoms with Crippen LogP contribution in [0.2, 0.25) is 0 Å². The lowest BCUT2D eigenvalue weighted by atomic mass is 9.93. The van der Waals surface area contributed by atoms with Crippen molar-refractivity contribution in [2.75, 3.05) is 17.2 Å². The van der Waals surface area contributed by atoms with E-state index < -0.39 is 17.4 Å². The molecular formula is C24H22FN7O3. The molecule has 2 aromatic carbocycles. The van der Waals surface area contributed by atoms with Gasteiger partial charge in [0.2, 0.25) is 12.3 Å². The number of fused-ring (bicyclic) bond motifs is 1. The molecule has 178 valence electrons. The number of aliphatic hydroxyl groups is 1. The minimum atomic E-state index is -0.854. The molecule has 1 atom stereocenters. The van der Waals surface area contributed by atoms with Crippen molar-refractivity contribution in [2.24, 2.45) is 0 Å². The Morgan fingerprint density at radius 1 is 1.17 bits per heavy atom. The van der Waals surface area contributed by atoms with Gasteiger partial charge in [-0.15, -0.1) is 10.2 Å². The summed E-state index contributed by atoms with van der Waals surface area (Å²) in [6.07, 6.45) is 2.65. The monoisotopic (exact) mass is 475 g/mol. The number of rotatable bonds is 7. The number of hydrogen-bond acceptors (Lipinski definition) is 9. The zero-order valence-electron chi connectivity index (χ0n) is 18.9. The average Bonchev–Trinajstić information content (AvgIpc) is 3.46. The molecule has 0 aliphatic carbocycles. The van der Waals surface area contributed by atoms with Gasteiger partial charge in [0.15, 0.2) is 5.82 Å². The van der Waals surface area contributed by atoms with Crippen molar-refractivity contribution in [2.45, 2.75) is 25.4 Å². The second-order valence-electron chi connectivity index (χ2n) is 8.54. The van der Waals surface area contributed by atoms with Crippen LogP contribution in [0.4, 0.5) is 21.8 Å². The number of benzene rings is 2. The van der Waals surface area contributed by atoms with Gasteiger partial charge in [-0.05, 0) is 31.5 Å². The highest BCUT2D eigenvalue weighted by Gasteiger charge is 2.38. The third-order valence-electron chi connectivity index (χ3n) is 5.76. The number of amides is 1. The summed E-state index contributed by atoms with van der Waals surface area (Å²) >= 11 is 0. The summed E-state index contributed by atoms with van der Waals surface area (Å²) in [7, 11) is 0. The van der Waals surface area contributed by atoms with Crippen LogP contribution >= 0.6 is 0 Å². The lowest BCUT2D eigenvalue weighted by Gasteiger charge is -2.21. The molecule has 0 saturated carbocycles. The normalized spacial score (nSPS) is 14.8. The van der Waals surface area contributed by atoms with Gasteiger partial charge < -0.3 is 25.5 Å². The number of carbonyl (C=O) groups is 1. The van der Waals surface area contributed by atoms with E-state index in [9.17, 15) is 9.90 Å². The van der Waals surface area contributed by atoms with E-state index >= 15 is 4.39 Å². The predicted molar refractivity (Wildman–Crippen MR) is 125 cm³/mol. The van der Waals surface area contributed by atoms with E-state index in [4.69, 9.17) is 4.42 Å². The fraction of sp³-hybridized carbons (Fsp3) is 0.208. The van der Waals surface area contributed by atoms with Crippen molar-refractivity contribution in [1.29, 1.82) is 0 Å².